The van der Waals surface area contributed by atoms with Crippen molar-refractivity contribution in [3.05, 3.63) is 0 Å². The summed E-state index contributed by atoms with van der Waals surface area (Å²) in [5, 5.41) is 11.1. The molecular weight excluding hydrogens is 172 g/mol. The first-order valence-corrected chi connectivity index (χ1v) is 4.27. The molecule has 13 heavy (non-hydrogen) atoms. The van der Waals surface area contributed by atoms with Crippen LogP contribution in [0.2, 0.25) is 0 Å². The number of carbonyl (C=O) groups excluding carboxylic acids is 2. The van der Waals surface area contributed by atoms with Gasteiger partial charge in [-0.3, -0.25) is 20.7 Å². The van der Waals surface area contributed by atoms with E-state index in [4.69, 9.17) is 0 Å². The third kappa shape index (κ3) is 1.50. The first kappa shape index (κ1) is 8.46. The molecule has 2 saturated heterocycles. The van der Waals surface area contributed by atoms with Crippen LogP contribution in [0.1, 0.15) is 6.92 Å². The maximum absolute atomic E-state index is 11.3. The summed E-state index contributed by atoms with van der Waals surface area (Å²) in [5.74, 6) is -0.248. The number of carbonyl (C=O) groups is 2. The molecule has 6 nitrogen and oxygen atoms in total. The highest BCUT2D eigenvalue weighted by Gasteiger charge is 2.38. The van der Waals surface area contributed by atoms with Crippen LogP contribution >= 0.6 is 0 Å². The second kappa shape index (κ2) is 2.97. The summed E-state index contributed by atoms with van der Waals surface area (Å²) in [6.45, 7) is 2.55. The number of urea groups is 1. The van der Waals surface area contributed by atoms with E-state index in [9.17, 15) is 9.59 Å². The van der Waals surface area contributed by atoms with E-state index < -0.39 is 6.03 Å². The lowest BCUT2D eigenvalue weighted by Gasteiger charge is -2.38. The molecule has 4 N–H and O–H groups in total. The average Bonchev–Trinajstić information content (AvgIpc) is 2.06. The van der Waals surface area contributed by atoms with Gasteiger partial charge in [-0.25, -0.2) is 4.79 Å². The molecule has 0 aromatic carbocycles. The molecule has 3 atom stereocenters. The van der Waals surface area contributed by atoms with E-state index in [-0.39, 0.29) is 24.2 Å². The van der Waals surface area contributed by atoms with Gasteiger partial charge in [0.15, 0.2) is 0 Å². The number of fused-ring (bicyclic) bond motifs is 1. The molecule has 2 aliphatic rings. The van der Waals surface area contributed by atoms with Crippen molar-refractivity contribution in [3.63, 3.8) is 0 Å². The van der Waals surface area contributed by atoms with Crippen molar-refractivity contribution in [2.24, 2.45) is 0 Å². The van der Waals surface area contributed by atoms with Gasteiger partial charge in [-0.1, -0.05) is 0 Å². The van der Waals surface area contributed by atoms with Gasteiger partial charge in [-0.15, -0.1) is 0 Å². The molecule has 2 heterocycles. The van der Waals surface area contributed by atoms with Gasteiger partial charge in [0.05, 0.1) is 12.2 Å². The Hall–Kier alpha value is -1.14. The molecule has 0 saturated carbocycles. The fourth-order valence-electron chi connectivity index (χ4n) is 1.65. The standard InChI is InChI=1S/C7H12N4O2/c1-3-8-2-4-5(9-3)6(12)11-7(13)10-4/h3-5,8-9H,2H2,1H3,(H2,10,11,12,13). The summed E-state index contributed by atoms with van der Waals surface area (Å²) in [7, 11) is 0. The number of hydrogen-bond acceptors (Lipinski definition) is 4. The minimum Gasteiger partial charge on any atom is -0.332 e. The molecule has 6 heteroatoms. The fourth-order valence-corrected chi connectivity index (χ4v) is 1.65. The summed E-state index contributed by atoms with van der Waals surface area (Å²) in [4.78, 5) is 22.2. The lowest BCUT2D eigenvalue weighted by atomic mass is 10.0. The maximum Gasteiger partial charge on any atom is 0.321 e. The zero-order chi connectivity index (χ0) is 9.42. The van der Waals surface area contributed by atoms with E-state index >= 15 is 0 Å². The number of nitrogens with one attached hydrogen (secondary N) is 4. The van der Waals surface area contributed by atoms with Crippen molar-refractivity contribution in [2.45, 2.75) is 25.2 Å². The Morgan fingerprint density at radius 1 is 1.38 bits per heavy atom. The highest BCUT2D eigenvalue weighted by molar-refractivity contribution is 6.00. The van der Waals surface area contributed by atoms with E-state index in [1.807, 2.05) is 6.92 Å². The van der Waals surface area contributed by atoms with Crippen LogP contribution in [0.5, 0.6) is 0 Å². The van der Waals surface area contributed by atoms with Crippen LogP contribution in [0.15, 0.2) is 0 Å². The minimum absolute atomic E-state index is 0.0991. The largest absolute Gasteiger partial charge is 0.332 e. The van der Waals surface area contributed by atoms with Crippen molar-refractivity contribution < 1.29 is 9.59 Å². The number of imide groups is 1. The monoisotopic (exact) mass is 184 g/mol. The molecule has 0 aliphatic carbocycles. The van der Waals surface area contributed by atoms with Gasteiger partial charge >= 0.3 is 6.03 Å². The predicted molar refractivity (Wildman–Crippen MR) is 44.9 cm³/mol. The number of amides is 3. The normalized spacial score (nSPS) is 39.0. The summed E-state index contributed by atoms with van der Waals surface area (Å²) >= 11 is 0. The zero-order valence-corrected chi connectivity index (χ0v) is 7.26. The Kier molecular flexibility index (Phi) is 1.93. The molecule has 0 bridgehead atoms. The second-order valence-electron chi connectivity index (χ2n) is 3.34. The van der Waals surface area contributed by atoms with Gasteiger partial charge in [0, 0.05) is 6.54 Å². The van der Waals surface area contributed by atoms with Crippen LogP contribution in [-0.4, -0.2) is 36.7 Å². The molecular formula is C7H12N4O2. The van der Waals surface area contributed by atoms with Gasteiger partial charge in [-0.2, -0.15) is 0 Å². The average molecular weight is 184 g/mol. The quantitative estimate of drug-likeness (QED) is 0.354. The Morgan fingerprint density at radius 2 is 2.15 bits per heavy atom. The van der Waals surface area contributed by atoms with Crippen LogP contribution < -0.4 is 21.3 Å². The van der Waals surface area contributed by atoms with Crippen molar-refractivity contribution in [1.29, 1.82) is 0 Å². The third-order valence-electron chi connectivity index (χ3n) is 2.31. The van der Waals surface area contributed by atoms with Crippen molar-refractivity contribution in [3.8, 4) is 0 Å². The molecule has 3 amide bonds. The van der Waals surface area contributed by atoms with Gasteiger partial charge in [0.25, 0.3) is 0 Å². The number of hydrogen-bond donors (Lipinski definition) is 4. The van der Waals surface area contributed by atoms with E-state index in [1.54, 1.807) is 0 Å². The van der Waals surface area contributed by atoms with E-state index in [0.29, 0.717) is 6.54 Å². The summed E-state index contributed by atoms with van der Waals surface area (Å²) in [5.41, 5.74) is 0. The third-order valence-corrected chi connectivity index (χ3v) is 2.31. The summed E-state index contributed by atoms with van der Waals surface area (Å²) in [6.07, 6.45) is 0.0991. The van der Waals surface area contributed by atoms with Gasteiger partial charge in [0.2, 0.25) is 5.91 Å². The Morgan fingerprint density at radius 3 is 2.92 bits per heavy atom. The van der Waals surface area contributed by atoms with Crippen LogP contribution in [0.25, 0.3) is 0 Å². The molecule has 0 aromatic rings. The molecule has 2 fully saturated rings. The maximum atomic E-state index is 11.3. The molecule has 0 aromatic heterocycles. The SMILES string of the molecule is CC1NCC2NC(=O)NC(=O)C2N1. The Balaban J connectivity index is 2.11. The molecule has 72 valence electrons. The van der Waals surface area contributed by atoms with Crippen LogP contribution in [0.4, 0.5) is 4.79 Å². The lowest BCUT2D eigenvalue weighted by molar-refractivity contribution is -0.124. The van der Waals surface area contributed by atoms with Crippen molar-refractivity contribution in [1.82, 2.24) is 21.3 Å². The summed E-state index contributed by atoms with van der Waals surface area (Å²) < 4.78 is 0. The summed E-state index contributed by atoms with van der Waals surface area (Å²) in [6, 6.07) is -0.865. The minimum atomic E-state index is -0.413. The fraction of sp³-hybridized carbons (Fsp3) is 0.714. The number of rotatable bonds is 0. The van der Waals surface area contributed by atoms with Crippen molar-refractivity contribution >= 4 is 11.9 Å². The van der Waals surface area contributed by atoms with Crippen LogP contribution in [0, 0.1) is 0 Å². The molecule has 0 radical (unpaired) electrons. The first-order valence-electron chi connectivity index (χ1n) is 4.27. The second-order valence-corrected chi connectivity index (χ2v) is 3.34. The lowest BCUT2D eigenvalue weighted by Crippen LogP contribution is -2.73. The molecule has 2 aliphatic heterocycles. The van der Waals surface area contributed by atoms with Gasteiger partial charge in [0.1, 0.15) is 6.04 Å². The van der Waals surface area contributed by atoms with Crippen LogP contribution in [-0.2, 0) is 4.79 Å². The topological polar surface area (TPSA) is 82.3 Å². The van der Waals surface area contributed by atoms with E-state index in [1.165, 1.54) is 0 Å². The Bertz CT molecular complexity index is 255. The van der Waals surface area contributed by atoms with Crippen LogP contribution in [0.3, 0.4) is 0 Å². The predicted octanol–water partition coefficient (Wildman–Crippen LogP) is -1.90. The van der Waals surface area contributed by atoms with E-state index in [0.717, 1.165) is 0 Å². The highest BCUT2D eigenvalue weighted by Crippen LogP contribution is 2.04. The zero-order valence-electron chi connectivity index (χ0n) is 7.26. The smallest absolute Gasteiger partial charge is 0.321 e. The highest BCUT2D eigenvalue weighted by atomic mass is 16.2. The molecule has 3 unspecified atom stereocenters. The van der Waals surface area contributed by atoms with E-state index in [2.05, 4.69) is 21.3 Å². The Labute approximate surface area is 75.4 Å². The van der Waals surface area contributed by atoms with Gasteiger partial charge < -0.3 is 5.32 Å². The molecule has 2 rings (SSSR count). The first-order chi connectivity index (χ1) is 6.16. The molecule has 0 spiro atoms. The van der Waals surface area contributed by atoms with Crippen molar-refractivity contribution in [2.75, 3.05) is 6.54 Å². The van der Waals surface area contributed by atoms with Gasteiger partial charge in [-0.05, 0) is 6.92 Å².